The van der Waals surface area contributed by atoms with E-state index in [4.69, 9.17) is 18.9 Å². The van der Waals surface area contributed by atoms with Crippen LogP contribution in [0.15, 0.2) is 115 Å². The number of carboxylic acid groups (broad SMARTS) is 2. The minimum Gasteiger partial charge on any atom is -0.481 e. The van der Waals surface area contributed by atoms with E-state index in [0.717, 1.165) is 70.2 Å². The van der Waals surface area contributed by atoms with Crippen LogP contribution in [0.1, 0.15) is 149 Å². The van der Waals surface area contributed by atoms with Crippen molar-refractivity contribution in [2.45, 2.75) is 164 Å². The van der Waals surface area contributed by atoms with Crippen molar-refractivity contribution in [3.63, 3.8) is 0 Å². The lowest BCUT2D eigenvalue weighted by atomic mass is 10.0. The van der Waals surface area contributed by atoms with Crippen molar-refractivity contribution in [1.82, 2.24) is 25.3 Å². The molecule has 0 aliphatic carbocycles. The fraction of sp³-hybridized carbons (Fsp3) is 0.444. The number of carbonyl (C=O) groups excluding carboxylic acids is 3. The van der Waals surface area contributed by atoms with E-state index in [1.165, 1.54) is 4.90 Å². The second-order valence-corrected chi connectivity index (χ2v) is 21.5. The fourth-order valence-electron chi connectivity index (χ4n) is 9.11. The van der Waals surface area contributed by atoms with Gasteiger partial charge in [0.25, 0.3) is 0 Å². The minimum atomic E-state index is -1.06. The second kappa shape index (κ2) is 30.4. The maximum absolute atomic E-state index is 13.6. The summed E-state index contributed by atoms with van der Waals surface area (Å²) in [6, 6.07) is 34.8. The highest BCUT2D eigenvalue weighted by atomic mass is 16.7. The number of carboxylic acids is 1. The van der Waals surface area contributed by atoms with Crippen LogP contribution in [-0.2, 0) is 33.9 Å². The lowest BCUT2D eigenvalue weighted by molar-refractivity contribution is -0.137. The zero-order chi connectivity index (χ0) is 57.6. The molecule has 4 N–H and O–H groups in total. The summed E-state index contributed by atoms with van der Waals surface area (Å²) in [5, 5.41) is 25.1. The van der Waals surface area contributed by atoms with Crippen LogP contribution in [0.5, 0.6) is 11.5 Å². The van der Waals surface area contributed by atoms with Crippen LogP contribution in [0.2, 0.25) is 0 Å². The first-order chi connectivity index (χ1) is 37.6. The molecule has 5 aromatic carbocycles. The highest BCUT2D eigenvalue weighted by Gasteiger charge is 2.34. The maximum atomic E-state index is 13.6. The van der Waals surface area contributed by atoms with E-state index >= 15 is 0 Å². The van der Waals surface area contributed by atoms with E-state index in [9.17, 15) is 34.2 Å². The van der Waals surface area contributed by atoms with Gasteiger partial charge in [-0.1, -0.05) is 165 Å². The zero-order valence-electron chi connectivity index (χ0n) is 47.9. The van der Waals surface area contributed by atoms with Crippen molar-refractivity contribution in [2.75, 3.05) is 20.0 Å². The molecule has 0 saturated carbocycles. The fourth-order valence-corrected chi connectivity index (χ4v) is 9.11. The largest absolute Gasteiger partial charge is 0.481 e. The number of nitrogens with zero attached hydrogens (tertiary/aromatic N) is 3. The van der Waals surface area contributed by atoms with Gasteiger partial charge in [-0.25, -0.2) is 19.2 Å². The number of aryl methyl sites for hydroxylation is 4. The third-order valence-corrected chi connectivity index (χ3v) is 13.7. The average molecular weight is 1090 g/mol. The standard InChI is InChI=1S/C35H43N3O7.C28H40N2O4/c1-5-6-7-29(36-34(41)37-30(19-33(39)40)28-16-17-31-32(18-28)45-22-44-31)21-43-35(42)38(20-26-12-8-23(2)9-13-26)25(4)27-14-10-24(3)11-15-27;1-7-8-9-25(30(26(31)32)28(4,5)6)20-34-27(33)29(18-23-14-10-21(2)11-15-23)19-24-16-12-22(3)13-17-24/h8-18,25,29-30H,5-7,19-22H2,1-4H3,(H,39,40)(H2,36,37,41);10-17,25H,7-9,18-20H2,1-6H3,(H,31,32)/t25?,29-,30-;25-/m00/s1. The van der Waals surface area contributed by atoms with Gasteiger partial charge in [-0.05, 0) is 108 Å². The third kappa shape index (κ3) is 20.2. The molecule has 1 unspecified atom stereocenters. The molecule has 0 fully saturated rings. The molecular formula is C63H83N5O11. The zero-order valence-corrected chi connectivity index (χ0v) is 47.9. The predicted molar refractivity (Wildman–Crippen MR) is 306 cm³/mol. The third-order valence-electron chi connectivity index (χ3n) is 13.7. The summed E-state index contributed by atoms with van der Waals surface area (Å²) < 4.78 is 22.4. The Balaban J connectivity index is 0.000000303. The van der Waals surface area contributed by atoms with Crippen LogP contribution < -0.4 is 20.1 Å². The van der Waals surface area contributed by atoms with Gasteiger partial charge >= 0.3 is 30.3 Å². The van der Waals surface area contributed by atoms with Gasteiger partial charge in [0.05, 0.1) is 30.6 Å². The molecule has 1 aliphatic rings. The van der Waals surface area contributed by atoms with E-state index in [1.807, 2.05) is 159 Å². The highest BCUT2D eigenvalue weighted by Crippen LogP contribution is 2.35. The molecule has 0 radical (unpaired) electrons. The van der Waals surface area contributed by atoms with E-state index < -0.39 is 53.9 Å². The Morgan fingerprint density at radius 1 is 0.608 bits per heavy atom. The number of amides is 5. The van der Waals surface area contributed by atoms with Crippen LogP contribution in [0.3, 0.4) is 0 Å². The molecule has 16 nitrogen and oxygen atoms in total. The Hall–Kier alpha value is -7.75. The SMILES string of the molecule is CCCC[C@@H](COC(=O)N(Cc1ccc(C)cc1)C(C)c1ccc(C)cc1)NC(=O)N[C@@H](CC(=O)O)c1ccc2c(c1)OCO2.CCCC[C@@H](COC(=O)N(Cc1ccc(C)cc1)Cc1ccc(C)cc1)N(C(=O)O)C(C)(C)C. The molecule has 0 spiro atoms. The molecule has 6 rings (SSSR count). The van der Waals surface area contributed by atoms with Crippen LogP contribution in [0, 0.1) is 27.7 Å². The normalized spacial score (nSPS) is 13.1. The molecule has 0 bridgehead atoms. The summed E-state index contributed by atoms with van der Waals surface area (Å²) in [5.41, 5.74) is 8.54. The summed E-state index contributed by atoms with van der Waals surface area (Å²) in [6.45, 7) is 21.0. The number of carbonyl (C=O) groups is 5. The number of ether oxygens (including phenoxy) is 4. The molecule has 1 aliphatic heterocycles. The molecule has 1 heterocycles. The van der Waals surface area contributed by atoms with Gasteiger partial charge in [-0.3, -0.25) is 19.5 Å². The van der Waals surface area contributed by atoms with E-state index in [1.54, 1.807) is 28.0 Å². The molecule has 4 atom stereocenters. The van der Waals surface area contributed by atoms with Gasteiger partial charge in [0.1, 0.15) is 13.2 Å². The molecule has 79 heavy (non-hydrogen) atoms. The van der Waals surface area contributed by atoms with Crippen molar-refractivity contribution in [1.29, 1.82) is 0 Å². The Morgan fingerprint density at radius 3 is 1.59 bits per heavy atom. The number of unbranched alkanes of at least 4 members (excludes halogenated alkanes) is 2. The van der Waals surface area contributed by atoms with Crippen molar-refractivity contribution in [3.8, 4) is 11.5 Å². The number of nitrogens with one attached hydrogen (secondary N) is 2. The van der Waals surface area contributed by atoms with Gasteiger partial charge in [0.2, 0.25) is 6.79 Å². The van der Waals surface area contributed by atoms with Crippen molar-refractivity contribution in [3.05, 3.63) is 165 Å². The number of benzene rings is 5. The van der Waals surface area contributed by atoms with Gasteiger partial charge in [0.15, 0.2) is 11.5 Å². The van der Waals surface area contributed by atoms with E-state index in [0.29, 0.717) is 49.5 Å². The van der Waals surface area contributed by atoms with Gasteiger partial charge in [0, 0.05) is 25.2 Å². The first-order valence-corrected chi connectivity index (χ1v) is 27.4. The molecule has 0 aromatic heterocycles. The number of urea groups is 1. The van der Waals surface area contributed by atoms with E-state index in [2.05, 4.69) is 17.6 Å². The Labute approximate surface area is 467 Å². The molecule has 16 heteroatoms. The topological polar surface area (TPSA) is 197 Å². The molecule has 5 aromatic rings. The summed E-state index contributed by atoms with van der Waals surface area (Å²) in [4.78, 5) is 68.5. The maximum Gasteiger partial charge on any atom is 0.410 e. The molecular weight excluding hydrogens is 1000 g/mol. The first kappa shape index (κ1) is 62.1. The summed E-state index contributed by atoms with van der Waals surface area (Å²) >= 11 is 0. The molecule has 426 valence electrons. The number of hydrogen-bond acceptors (Lipinski definition) is 9. The lowest BCUT2D eigenvalue weighted by Crippen LogP contribution is -2.53. The van der Waals surface area contributed by atoms with Crippen LogP contribution in [0.4, 0.5) is 19.2 Å². The van der Waals surface area contributed by atoms with Crippen molar-refractivity contribution >= 4 is 30.3 Å². The summed E-state index contributed by atoms with van der Waals surface area (Å²) in [7, 11) is 0. The lowest BCUT2D eigenvalue weighted by Gasteiger charge is -2.39. The first-order valence-electron chi connectivity index (χ1n) is 27.4. The average Bonchev–Trinajstić information content (AvgIpc) is 3.89. The minimum absolute atomic E-state index is 0.0285. The van der Waals surface area contributed by atoms with Crippen molar-refractivity contribution in [2.24, 2.45) is 0 Å². The monoisotopic (exact) mass is 1090 g/mol. The quantitative estimate of drug-likeness (QED) is 0.0459. The van der Waals surface area contributed by atoms with Gasteiger partial charge < -0.3 is 39.8 Å². The Morgan fingerprint density at radius 2 is 1.09 bits per heavy atom. The number of fused-ring (bicyclic) bond motifs is 1. The predicted octanol–water partition coefficient (Wildman–Crippen LogP) is 13.6. The summed E-state index contributed by atoms with van der Waals surface area (Å²) in [5.74, 6) is -0.00877. The number of rotatable bonds is 24. The van der Waals surface area contributed by atoms with Crippen molar-refractivity contribution < 1.29 is 53.1 Å². The number of hydrogen-bond donors (Lipinski definition) is 4. The van der Waals surface area contributed by atoms with Gasteiger partial charge in [-0.2, -0.15) is 0 Å². The summed E-state index contributed by atoms with van der Waals surface area (Å²) in [6.07, 6.45) is 2.45. The number of aliphatic carboxylic acids is 1. The second-order valence-electron chi connectivity index (χ2n) is 21.5. The Kier molecular flexibility index (Phi) is 23.9. The van der Waals surface area contributed by atoms with E-state index in [-0.39, 0.29) is 32.5 Å². The Bertz CT molecular complexity index is 2680. The van der Waals surface area contributed by atoms with Crippen LogP contribution in [-0.4, -0.2) is 92.8 Å². The smallest absolute Gasteiger partial charge is 0.410 e. The van der Waals surface area contributed by atoms with Crippen LogP contribution >= 0.6 is 0 Å². The molecule has 0 saturated heterocycles. The molecule has 5 amide bonds. The highest BCUT2D eigenvalue weighted by molar-refractivity contribution is 5.77. The van der Waals surface area contributed by atoms with Crippen LogP contribution in [0.25, 0.3) is 0 Å². The van der Waals surface area contributed by atoms with Gasteiger partial charge in [-0.15, -0.1) is 0 Å².